The van der Waals surface area contributed by atoms with Crippen molar-refractivity contribution in [3.63, 3.8) is 0 Å². The first-order chi connectivity index (χ1) is 14.0. The summed E-state index contributed by atoms with van der Waals surface area (Å²) in [6.07, 6.45) is 1.31. The quantitative estimate of drug-likeness (QED) is 0.388. The Labute approximate surface area is 172 Å². The number of amides is 1. The average molecular weight is 464 g/mol. The van der Waals surface area contributed by atoms with E-state index in [1.165, 1.54) is 24.4 Å². The Morgan fingerprint density at radius 1 is 1.31 bits per heavy atom. The van der Waals surface area contributed by atoms with E-state index >= 15 is 0 Å². The SMILES string of the molecule is COc1cccc(CC(=O)Nc2nonc2/C=N/ONc2ccc(F)c(Br)c2)c1. The molecule has 3 aromatic rings. The fourth-order valence-electron chi connectivity index (χ4n) is 2.23. The van der Waals surface area contributed by atoms with Gasteiger partial charge in [0, 0.05) is 0 Å². The first-order valence-corrected chi connectivity index (χ1v) is 9.00. The lowest BCUT2D eigenvalue weighted by Crippen LogP contribution is -2.15. The summed E-state index contributed by atoms with van der Waals surface area (Å²) < 4.78 is 23.2. The number of nitrogens with one attached hydrogen (secondary N) is 2. The molecule has 0 radical (unpaired) electrons. The maximum atomic E-state index is 13.2. The summed E-state index contributed by atoms with van der Waals surface area (Å²) in [6, 6.07) is 11.4. The molecular weight excluding hydrogens is 449 g/mol. The van der Waals surface area contributed by atoms with Gasteiger partial charge in [-0.05, 0) is 62.1 Å². The molecule has 0 aliphatic rings. The minimum Gasteiger partial charge on any atom is -0.497 e. The van der Waals surface area contributed by atoms with Crippen LogP contribution >= 0.6 is 15.9 Å². The number of carbonyl (C=O) groups excluding carboxylic acids is 1. The Kier molecular flexibility index (Phi) is 6.74. The van der Waals surface area contributed by atoms with Gasteiger partial charge in [0.1, 0.15) is 17.8 Å². The second-order valence-electron chi connectivity index (χ2n) is 5.63. The molecule has 150 valence electrons. The Bertz CT molecular complexity index is 1030. The first-order valence-electron chi connectivity index (χ1n) is 8.21. The molecule has 1 heterocycles. The van der Waals surface area contributed by atoms with E-state index in [1.807, 2.05) is 0 Å². The van der Waals surface area contributed by atoms with Crippen molar-refractivity contribution in [2.24, 2.45) is 5.16 Å². The molecule has 0 spiro atoms. The van der Waals surface area contributed by atoms with Gasteiger partial charge in [-0.1, -0.05) is 17.3 Å². The van der Waals surface area contributed by atoms with Crippen LogP contribution in [0, 0.1) is 5.82 Å². The van der Waals surface area contributed by atoms with E-state index in [0.29, 0.717) is 11.4 Å². The van der Waals surface area contributed by atoms with Crippen molar-refractivity contribution in [2.75, 3.05) is 17.9 Å². The number of carbonyl (C=O) groups is 1. The Morgan fingerprint density at radius 3 is 2.97 bits per heavy atom. The van der Waals surface area contributed by atoms with Crippen LogP contribution in [0.3, 0.4) is 0 Å². The van der Waals surface area contributed by atoms with Gasteiger partial charge in [-0.3, -0.25) is 9.73 Å². The monoisotopic (exact) mass is 463 g/mol. The highest BCUT2D eigenvalue weighted by atomic mass is 79.9. The van der Waals surface area contributed by atoms with Crippen molar-refractivity contribution >= 4 is 39.6 Å². The molecule has 2 aromatic carbocycles. The van der Waals surface area contributed by atoms with Crippen LogP contribution in [0.4, 0.5) is 15.9 Å². The maximum absolute atomic E-state index is 13.2. The normalized spacial score (nSPS) is 10.7. The van der Waals surface area contributed by atoms with Crippen LogP contribution in [0.5, 0.6) is 5.75 Å². The lowest BCUT2D eigenvalue weighted by Gasteiger charge is -2.05. The van der Waals surface area contributed by atoms with Gasteiger partial charge in [0.15, 0.2) is 5.69 Å². The summed E-state index contributed by atoms with van der Waals surface area (Å²) in [5.74, 6) is 0.0275. The van der Waals surface area contributed by atoms with Crippen LogP contribution < -0.4 is 15.5 Å². The predicted molar refractivity (Wildman–Crippen MR) is 106 cm³/mol. The number of oxime groups is 1. The van der Waals surface area contributed by atoms with Crippen molar-refractivity contribution in [3.8, 4) is 5.75 Å². The van der Waals surface area contributed by atoms with Crippen LogP contribution in [-0.2, 0) is 16.2 Å². The maximum Gasteiger partial charge on any atom is 0.230 e. The largest absolute Gasteiger partial charge is 0.497 e. The molecule has 0 fully saturated rings. The van der Waals surface area contributed by atoms with Gasteiger partial charge in [0.2, 0.25) is 11.7 Å². The summed E-state index contributed by atoms with van der Waals surface area (Å²) in [5.41, 5.74) is 3.91. The van der Waals surface area contributed by atoms with Crippen LogP contribution in [0.15, 0.2) is 56.7 Å². The second-order valence-corrected chi connectivity index (χ2v) is 6.49. The molecule has 0 unspecified atom stereocenters. The fraction of sp³-hybridized carbons (Fsp3) is 0.111. The van der Waals surface area contributed by atoms with E-state index in [2.05, 4.69) is 46.8 Å². The molecule has 3 rings (SSSR count). The molecule has 11 heteroatoms. The smallest absolute Gasteiger partial charge is 0.230 e. The Morgan fingerprint density at radius 2 is 2.17 bits per heavy atom. The van der Waals surface area contributed by atoms with Gasteiger partial charge in [-0.25, -0.2) is 9.02 Å². The van der Waals surface area contributed by atoms with Crippen LogP contribution in [-0.4, -0.2) is 29.5 Å². The van der Waals surface area contributed by atoms with E-state index in [9.17, 15) is 9.18 Å². The lowest BCUT2D eigenvalue weighted by molar-refractivity contribution is -0.115. The molecule has 0 atom stereocenters. The summed E-state index contributed by atoms with van der Waals surface area (Å²) in [6.45, 7) is 0. The fourth-order valence-corrected chi connectivity index (χ4v) is 2.60. The number of benzene rings is 2. The Balaban J connectivity index is 1.54. The third-order valence-electron chi connectivity index (χ3n) is 3.58. The van der Waals surface area contributed by atoms with Crippen molar-refractivity contribution in [3.05, 3.63) is 64.0 Å². The van der Waals surface area contributed by atoms with Gasteiger partial charge in [0.25, 0.3) is 0 Å². The Hall–Kier alpha value is -3.47. The number of rotatable bonds is 8. The average Bonchev–Trinajstić information content (AvgIpc) is 3.14. The van der Waals surface area contributed by atoms with E-state index in [0.717, 1.165) is 5.56 Å². The van der Waals surface area contributed by atoms with Gasteiger partial charge >= 0.3 is 0 Å². The van der Waals surface area contributed by atoms with Crippen molar-refractivity contribution in [1.29, 1.82) is 0 Å². The van der Waals surface area contributed by atoms with Gasteiger partial charge in [-0.2, -0.15) is 5.48 Å². The van der Waals surface area contributed by atoms with E-state index in [-0.39, 0.29) is 28.3 Å². The highest BCUT2D eigenvalue weighted by Gasteiger charge is 2.13. The number of aromatic nitrogens is 2. The molecule has 0 bridgehead atoms. The van der Waals surface area contributed by atoms with E-state index in [4.69, 9.17) is 9.68 Å². The molecule has 0 aliphatic heterocycles. The number of ether oxygens (including phenoxy) is 1. The zero-order chi connectivity index (χ0) is 20.6. The summed E-state index contributed by atoms with van der Waals surface area (Å²) in [7, 11) is 1.55. The molecule has 0 saturated carbocycles. The van der Waals surface area contributed by atoms with Crippen LogP contribution in [0.2, 0.25) is 0 Å². The number of halogens is 2. The molecule has 1 amide bonds. The number of hydrogen-bond donors (Lipinski definition) is 2. The molecule has 1 aromatic heterocycles. The summed E-state index contributed by atoms with van der Waals surface area (Å²) in [4.78, 5) is 17.1. The number of anilines is 2. The number of nitrogens with zero attached hydrogens (tertiary/aromatic N) is 3. The minimum absolute atomic E-state index is 0.0924. The first kappa shape index (κ1) is 20.3. The third-order valence-corrected chi connectivity index (χ3v) is 4.19. The topological polar surface area (TPSA) is 111 Å². The van der Waals surface area contributed by atoms with Crippen LogP contribution in [0.1, 0.15) is 11.3 Å². The minimum atomic E-state index is -0.401. The highest BCUT2D eigenvalue weighted by Crippen LogP contribution is 2.20. The zero-order valence-electron chi connectivity index (χ0n) is 15.1. The summed E-state index contributed by atoms with van der Waals surface area (Å²) in [5, 5.41) is 13.5. The molecule has 29 heavy (non-hydrogen) atoms. The van der Waals surface area contributed by atoms with Crippen molar-refractivity contribution in [2.45, 2.75) is 6.42 Å². The molecule has 2 N–H and O–H groups in total. The molecule has 9 nitrogen and oxygen atoms in total. The van der Waals surface area contributed by atoms with E-state index in [1.54, 1.807) is 31.4 Å². The van der Waals surface area contributed by atoms with Crippen molar-refractivity contribution < 1.29 is 23.5 Å². The molecule has 0 aliphatic carbocycles. The lowest BCUT2D eigenvalue weighted by atomic mass is 10.1. The molecule has 0 saturated heterocycles. The summed E-state index contributed by atoms with van der Waals surface area (Å²) >= 11 is 3.06. The standard InChI is InChI=1S/C18H15BrFN5O4/c1-27-13-4-2-3-11(7-13)8-17(26)22-18-16(24-29-25-18)10-21-28-23-12-5-6-15(20)14(19)9-12/h2-7,9-10,23H,8H2,1H3,(H,22,25,26)/b21-10+. The zero-order valence-corrected chi connectivity index (χ0v) is 16.6. The number of methoxy groups -OCH3 is 1. The predicted octanol–water partition coefficient (Wildman–Crippen LogP) is 3.54. The van der Waals surface area contributed by atoms with E-state index < -0.39 is 5.82 Å². The van der Waals surface area contributed by atoms with Crippen molar-refractivity contribution in [1.82, 2.24) is 10.3 Å². The van der Waals surface area contributed by atoms with Gasteiger partial charge < -0.3 is 10.1 Å². The second kappa shape index (κ2) is 9.64. The van der Waals surface area contributed by atoms with Gasteiger partial charge in [0.05, 0.1) is 23.7 Å². The van der Waals surface area contributed by atoms with Gasteiger partial charge in [-0.15, -0.1) is 0 Å². The highest BCUT2D eigenvalue weighted by molar-refractivity contribution is 9.10. The van der Waals surface area contributed by atoms with Crippen LogP contribution in [0.25, 0.3) is 0 Å². The third kappa shape index (κ3) is 5.75. The number of hydrogen-bond acceptors (Lipinski definition) is 8. The molecular formula is C18H15BrFN5O4.